The van der Waals surface area contributed by atoms with Crippen LogP contribution in [0.3, 0.4) is 0 Å². The van der Waals surface area contributed by atoms with Crippen molar-refractivity contribution in [1.82, 2.24) is 19.9 Å². The lowest BCUT2D eigenvalue weighted by Crippen LogP contribution is -2.00. The van der Waals surface area contributed by atoms with Gasteiger partial charge in [-0.05, 0) is 75.1 Å². The van der Waals surface area contributed by atoms with Crippen LogP contribution >= 0.6 is 0 Å². The number of pyridine rings is 1. The monoisotopic (exact) mass is 680 g/mol. The van der Waals surface area contributed by atoms with Crippen molar-refractivity contribution in [3.05, 3.63) is 182 Å². The molecular weight excluding hydrogens is 652 g/mol. The van der Waals surface area contributed by atoms with E-state index in [4.69, 9.17) is 19.9 Å². The Morgan fingerprint density at radius 3 is 1.45 bits per heavy atom. The van der Waals surface area contributed by atoms with Gasteiger partial charge < -0.3 is 0 Å². The van der Waals surface area contributed by atoms with Crippen molar-refractivity contribution in [3.63, 3.8) is 0 Å². The molecule has 0 amide bonds. The van der Waals surface area contributed by atoms with Crippen molar-refractivity contribution in [1.29, 1.82) is 0 Å². The molecule has 0 fully saturated rings. The van der Waals surface area contributed by atoms with Gasteiger partial charge in [0.05, 0.1) is 11.2 Å². The molecule has 0 aliphatic heterocycles. The van der Waals surface area contributed by atoms with Crippen molar-refractivity contribution >= 4 is 43.2 Å². The number of benzene rings is 8. The normalized spacial score (nSPS) is 11.5. The molecular formula is C48H29FN4. The first-order chi connectivity index (χ1) is 26.2. The SMILES string of the molecule is Fc1ccc(-c2nc3ccccc3c3c2cc(-c2ccc(-c4nc(-c5ccccc5)nc(-c5ccccc5)n4)c4ccccc24)c2ccccc23)cc1. The summed E-state index contributed by atoms with van der Waals surface area (Å²) in [5.74, 6) is 1.58. The van der Waals surface area contributed by atoms with Gasteiger partial charge in [0.15, 0.2) is 17.5 Å². The highest BCUT2D eigenvalue weighted by molar-refractivity contribution is 6.26. The largest absolute Gasteiger partial charge is 0.247 e. The Morgan fingerprint density at radius 2 is 0.811 bits per heavy atom. The van der Waals surface area contributed by atoms with Gasteiger partial charge in [0.2, 0.25) is 0 Å². The molecule has 5 heteroatoms. The number of para-hydroxylation sites is 1. The molecule has 0 saturated heterocycles. The number of hydrogen-bond acceptors (Lipinski definition) is 4. The van der Waals surface area contributed by atoms with Gasteiger partial charge in [0.25, 0.3) is 0 Å². The maximum Gasteiger partial charge on any atom is 0.164 e. The predicted molar refractivity (Wildman–Crippen MR) is 215 cm³/mol. The summed E-state index contributed by atoms with van der Waals surface area (Å²) < 4.78 is 14.2. The number of fused-ring (bicyclic) bond motifs is 6. The quantitative estimate of drug-likeness (QED) is 0.170. The van der Waals surface area contributed by atoms with Gasteiger partial charge in [0, 0.05) is 38.4 Å². The molecule has 248 valence electrons. The molecule has 2 aromatic heterocycles. The van der Waals surface area contributed by atoms with Gasteiger partial charge >= 0.3 is 0 Å². The second-order valence-electron chi connectivity index (χ2n) is 13.1. The number of aromatic nitrogens is 4. The molecule has 0 saturated carbocycles. The van der Waals surface area contributed by atoms with Gasteiger partial charge in [-0.15, -0.1) is 0 Å². The van der Waals surface area contributed by atoms with E-state index in [9.17, 15) is 4.39 Å². The molecule has 8 aromatic carbocycles. The maximum atomic E-state index is 14.2. The summed E-state index contributed by atoms with van der Waals surface area (Å²) in [6.45, 7) is 0. The van der Waals surface area contributed by atoms with Crippen LogP contribution in [0.1, 0.15) is 0 Å². The minimum Gasteiger partial charge on any atom is -0.247 e. The molecule has 53 heavy (non-hydrogen) atoms. The van der Waals surface area contributed by atoms with Crippen LogP contribution in [-0.2, 0) is 0 Å². The highest BCUT2D eigenvalue weighted by Crippen LogP contribution is 2.44. The van der Waals surface area contributed by atoms with Crippen LogP contribution in [0, 0.1) is 5.82 Å². The van der Waals surface area contributed by atoms with Crippen LogP contribution in [0.25, 0.3) is 99.8 Å². The Kier molecular flexibility index (Phi) is 7.29. The molecule has 10 rings (SSSR count). The third-order valence-corrected chi connectivity index (χ3v) is 9.98. The first kappa shape index (κ1) is 30.7. The van der Waals surface area contributed by atoms with E-state index in [0.717, 1.165) is 82.3 Å². The second kappa shape index (κ2) is 12.6. The van der Waals surface area contributed by atoms with E-state index in [-0.39, 0.29) is 5.82 Å². The van der Waals surface area contributed by atoms with Gasteiger partial charge in [-0.3, -0.25) is 0 Å². The molecule has 0 bridgehead atoms. The summed E-state index contributed by atoms with van der Waals surface area (Å²) in [7, 11) is 0. The Labute approximate surface area is 304 Å². The lowest BCUT2D eigenvalue weighted by atomic mass is 9.87. The lowest BCUT2D eigenvalue weighted by Gasteiger charge is -2.18. The Bertz CT molecular complexity index is 2940. The molecule has 4 nitrogen and oxygen atoms in total. The van der Waals surface area contributed by atoms with Crippen LogP contribution in [0.15, 0.2) is 176 Å². The van der Waals surface area contributed by atoms with Crippen LogP contribution in [0.4, 0.5) is 4.39 Å². The van der Waals surface area contributed by atoms with E-state index in [0.29, 0.717) is 17.5 Å². The zero-order valence-electron chi connectivity index (χ0n) is 28.4. The fraction of sp³-hybridized carbons (Fsp3) is 0. The molecule has 2 heterocycles. The van der Waals surface area contributed by atoms with Gasteiger partial charge in [0.1, 0.15) is 5.82 Å². The Morgan fingerprint density at radius 1 is 0.321 bits per heavy atom. The van der Waals surface area contributed by atoms with Crippen LogP contribution in [0.2, 0.25) is 0 Å². The summed E-state index contributed by atoms with van der Waals surface area (Å²) in [6.07, 6.45) is 0. The highest BCUT2D eigenvalue weighted by atomic mass is 19.1. The first-order valence-corrected chi connectivity index (χ1v) is 17.6. The molecule has 10 aromatic rings. The van der Waals surface area contributed by atoms with Crippen LogP contribution in [-0.4, -0.2) is 19.9 Å². The van der Waals surface area contributed by atoms with Crippen molar-refractivity contribution in [2.75, 3.05) is 0 Å². The maximum absolute atomic E-state index is 14.2. The van der Waals surface area contributed by atoms with Crippen molar-refractivity contribution in [3.8, 4) is 56.5 Å². The molecule has 0 spiro atoms. The Hall–Kier alpha value is -7.11. The first-order valence-electron chi connectivity index (χ1n) is 17.6. The minimum atomic E-state index is -0.276. The van der Waals surface area contributed by atoms with Crippen LogP contribution in [0.5, 0.6) is 0 Å². The van der Waals surface area contributed by atoms with E-state index in [1.54, 1.807) is 0 Å². The summed E-state index contributed by atoms with van der Waals surface area (Å²) >= 11 is 0. The minimum absolute atomic E-state index is 0.276. The van der Waals surface area contributed by atoms with E-state index in [1.165, 1.54) is 12.1 Å². The highest BCUT2D eigenvalue weighted by Gasteiger charge is 2.20. The number of hydrogen-bond donors (Lipinski definition) is 0. The zero-order valence-corrected chi connectivity index (χ0v) is 28.4. The molecule has 0 radical (unpaired) electrons. The summed E-state index contributed by atoms with van der Waals surface area (Å²) in [4.78, 5) is 20.2. The second-order valence-corrected chi connectivity index (χ2v) is 13.1. The van der Waals surface area contributed by atoms with E-state index < -0.39 is 0 Å². The third kappa shape index (κ3) is 5.29. The summed E-state index contributed by atoms with van der Waals surface area (Å²) in [5.41, 5.74) is 7.52. The lowest BCUT2D eigenvalue weighted by molar-refractivity contribution is 0.628. The number of rotatable bonds is 5. The number of nitrogens with zero attached hydrogens (tertiary/aromatic N) is 4. The standard InChI is InChI=1S/C48H29FN4/c49-33-25-23-30(24-26-33)45-42-29-41(36-19-9-10-20-38(36)44(42)40-21-11-12-22-43(40)50-45)37-27-28-39(35-18-8-7-17-34(35)37)48-52-46(31-13-3-1-4-14-31)51-47(53-48)32-15-5-2-6-16-32/h1-29H. The molecule has 0 unspecified atom stereocenters. The summed E-state index contributed by atoms with van der Waals surface area (Å²) in [6, 6.07) is 58.6. The molecule has 0 aliphatic rings. The van der Waals surface area contributed by atoms with Gasteiger partial charge in [-0.1, -0.05) is 133 Å². The molecule has 0 N–H and O–H groups in total. The topological polar surface area (TPSA) is 51.6 Å². The number of halogens is 1. The van der Waals surface area contributed by atoms with Gasteiger partial charge in [-0.25, -0.2) is 24.3 Å². The Balaban J connectivity index is 1.25. The van der Waals surface area contributed by atoms with Crippen molar-refractivity contribution in [2.45, 2.75) is 0 Å². The smallest absolute Gasteiger partial charge is 0.164 e. The van der Waals surface area contributed by atoms with Gasteiger partial charge in [-0.2, -0.15) is 0 Å². The van der Waals surface area contributed by atoms with Crippen molar-refractivity contribution < 1.29 is 4.39 Å². The molecule has 0 aliphatic carbocycles. The fourth-order valence-corrected chi connectivity index (χ4v) is 7.52. The van der Waals surface area contributed by atoms with E-state index in [1.807, 2.05) is 84.9 Å². The molecule has 0 atom stereocenters. The van der Waals surface area contributed by atoms with E-state index >= 15 is 0 Å². The average Bonchev–Trinajstić information content (AvgIpc) is 3.23. The predicted octanol–water partition coefficient (Wildman–Crippen LogP) is 12.4. The zero-order chi connectivity index (χ0) is 35.3. The third-order valence-electron chi connectivity index (χ3n) is 9.98. The van der Waals surface area contributed by atoms with Crippen LogP contribution < -0.4 is 0 Å². The summed E-state index contributed by atoms with van der Waals surface area (Å²) in [5, 5.41) is 7.60. The fourth-order valence-electron chi connectivity index (χ4n) is 7.52. The average molecular weight is 681 g/mol. The van der Waals surface area contributed by atoms with Crippen molar-refractivity contribution in [2.24, 2.45) is 0 Å². The van der Waals surface area contributed by atoms with E-state index in [2.05, 4.69) is 78.9 Å².